The van der Waals surface area contributed by atoms with Crippen LogP contribution in [0.2, 0.25) is 0 Å². The molecule has 0 spiro atoms. The van der Waals surface area contributed by atoms with Crippen molar-refractivity contribution in [2.24, 2.45) is 0 Å². The minimum Gasteiger partial charge on any atom is -0.490 e. The van der Waals surface area contributed by atoms with Gasteiger partial charge in [0.25, 0.3) is 0 Å². The van der Waals surface area contributed by atoms with Gasteiger partial charge in [0, 0.05) is 10.0 Å². The van der Waals surface area contributed by atoms with Crippen molar-refractivity contribution in [3.05, 3.63) is 106 Å². The zero-order valence-corrected chi connectivity index (χ0v) is 20.0. The van der Waals surface area contributed by atoms with Gasteiger partial charge >= 0.3 is 0 Å². The first-order valence-electron chi connectivity index (χ1n) is 10.5. The van der Waals surface area contributed by atoms with Gasteiger partial charge in [-0.05, 0) is 67.3 Å². The minimum absolute atomic E-state index is 0.430. The summed E-state index contributed by atoms with van der Waals surface area (Å²) in [7, 11) is 0. The van der Waals surface area contributed by atoms with Gasteiger partial charge in [0.15, 0.2) is 11.5 Å². The summed E-state index contributed by atoms with van der Waals surface area (Å²) in [5.74, 6) is 1.37. The molecule has 3 aromatic rings. The van der Waals surface area contributed by atoms with Gasteiger partial charge in [-0.2, -0.15) is 5.26 Å². The third kappa shape index (κ3) is 6.12. The van der Waals surface area contributed by atoms with Gasteiger partial charge in [0.2, 0.25) is 0 Å². The molecule has 0 aliphatic carbocycles. The largest absolute Gasteiger partial charge is 0.490 e. The Morgan fingerprint density at radius 3 is 2.41 bits per heavy atom. The molecule has 4 heteroatoms. The van der Waals surface area contributed by atoms with Crippen molar-refractivity contribution in [3.63, 3.8) is 0 Å². The number of rotatable bonds is 9. The lowest BCUT2D eigenvalue weighted by molar-refractivity contribution is 0.267. The molecule has 0 bridgehead atoms. The van der Waals surface area contributed by atoms with Crippen molar-refractivity contribution >= 4 is 27.6 Å². The molecule has 0 unspecified atom stereocenters. The minimum atomic E-state index is 0.430. The van der Waals surface area contributed by atoms with Crippen molar-refractivity contribution in [3.8, 4) is 17.6 Å². The van der Waals surface area contributed by atoms with Crippen molar-refractivity contribution in [1.82, 2.24) is 0 Å². The summed E-state index contributed by atoms with van der Waals surface area (Å²) < 4.78 is 13.2. The van der Waals surface area contributed by atoms with Gasteiger partial charge in [-0.15, -0.1) is 6.58 Å². The highest BCUT2D eigenvalue weighted by Crippen LogP contribution is 2.36. The van der Waals surface area contributed by atoms with Gasteiger partial charge in [0.1, 0.15) is 6.61 Å². The number of aryl methyl sites for hydroxylation is 1. The van der Waals surface area contributed by atoms with E-state index in [0.29, 0.717) is 36.7 Å². The smallest absolute Gasteiger partial charge is 0.165 e. The first-order chi connectivity index (χ1) is 15.5. The van der Waals surface area contributed by atoms with Gasteiger partial charge < -0.3 is 9.47 Å². The summed E-state index contributed by atoms with van der Waals surface area (Å²) in [5.41, 5.74) is 5.56. The Morgan fingerprint density at radius 2 is 1.78 bits per heavy atom. The van der Waals surface area contributed by atoms with Crippen LogP contribution >= 0.6 is 15.9 Å². The van der Waals surface area contributed by atoms with Gasteiger partial charge in [-0.1, -0.05) is 64.0 Å². The van der Waals surface area contributed by atoms with Gasteiger partial charge in [-0.3, -0.25) is 0 Å². The van der Waals surface area contributed by atoms with E-state index in [4.69, 9.17) is 9.47 Å². The Labute approximate surface area is 198 Å². The Hall–Kier alpha value is -3.29. The van der Waals surface area contributed by atoms with Crippen LogP contribution in [0.25, 0.3) is 11.6 Å². The van der Waals surface area contributed by atoms with Crippen LogP contribution < -0.4 is 9.47 Å². The second kappa shape index (κ2) is 11.4. The SMILES string of the molecule is C=CCc1cc(/C=C(/C#N)c2ccc(C)cc2)cc(OCC)c1OCc1ccc(Br)cc1. The molecule has 0 radical (unpaired) electrons. The average Bonchev–Trinajstić information content (AvgIpc) is 2.79. The highest BCUT2D eigenvalue weighted by molar-refractivity contribution is 9.10. The predicted octanol–water partition coefficient (Wildman–Crippen LogP) is 7.53. The van der Waals surface area contributed by atoms with Crippen molar-refractivity contribution in [1.29, 1.82) is 5.26 Å². The van der Waals surface area contributed by atoms with Crippen molar-refractivity contribution in [2.75, 3.05) is 6.61 Å². The van der Waals surface area contributed by atoms with E-state index in [2.05, 4.69) is 28.6 Å². The third-order valence-electron chi connectivity index (χ3n) is 4.91. The molecular weight excluding hydrogens is 462 g/mol. The molecule has 0 saturated carbocycles. The molecule has 3 aromatic carbocycles. The van der Waals surface area contributed by atoms with Crippen LogP contribution in [0.5, 0.6) is 11.5 Å². The Morgan fingerprint density at radius 1 is 1.06 bits per heavy atom. The fraction of sp³-hybridized carbons (Fsp3) is 0.179. The van der Waals surface area contributed by atoms with Gasteiger partial charge in [-0.25, -0.2) is 0 Å². The third-order valence-corrected chi connectivity index (χ3v) is 5.44. The highest BCUT2D eigenvalue weighted by atomic mass is 79.9. The molecule has 3 rings (SSSR count). The lowest BCUT2D eigenvalue weighted by Crippen LogP contribution is -2.03. The number of benzene rings is 3. The topological polar surface area (TPSA) is 42.2 Å². The molecule has 0 aliphatic heterocycles. The molecule has 0 saturated heterocycles. The lowest BCUT2D eigenvalue weighted by Gasteiger charge is -2.17. The van der Waals surface area contributed by atoms with Crippen molar-refractivity contribution in [2.45, 2.75) is 26.9 Å². The molecule has 0 fully saturated rings. The Kier molecular flexibility index (Phi) is 8.30. The first-order valence-corrected chi connectivity index (χ1v) is 11.3. The van der Waals surface area contributed by atoms with Crippen LogP contribution in [-0.2, 0) is 13.0 Å². The molecule has 0 aromatic heterocycles. The number of allylic oxidation sites excluding steroid dienone is 2. The van der Waals surface area contributed by atoms with Crippen LogP contribution in [0.4, 0.5) is 0 Å². The molecule has 162 valence electrons. The van der Waals surface area contributed by atoms with Gasteiger partial charge in [0.05, 0.1) is 18.2 Å². The number of nitrogens with zero attached hydrogens (tertiary/aromatic N) is 1. The summed E-state index contributed by atoms with van der Waals surface area (Å²) in [4.78, 5) is 0. The van der Waals surface area contributed by atoms with Crippen LogP contribution in [-0.4, -0.2) is 6.61 Å². The number of hydrogen-bond donors (Lipinski definition) is 0. The van der Waals surface area contributed by atoms with Crippen LogP contribution in [0.15, 0.2) is 77.8 Å². The molecule has 0 aliphatic rings. The van der Waals surface area contributed by atoms with E-state index in [1.807, 2.05) is 86.7 Å². The number of ether oxygens (including phenoxy) is 2. The zero-order valence-electron chi connectivity index (χ0n) is 18.4. The average molecular weight is 488 g/mol. The molecule has 3 nitrogen and oxygen atoms in total. The van der Waals surface area contributed by atoms with E-state index in [1.165, 1.54) is 0 Å². The lowest BCUT2D eigenvalue weighted by atomic mass is 10.00. The molecule has 0 amide bonds. The zero-order chi connectivity index (χ0) is 22.9. The maximum absolute atomic E-state index is 9.75. The van der Waals surface area contributed by atoms with E-state index in [1.54, 1.807) is 0 Å². The molecule has 0 heterocycles. The van der Waals surface area contributed by atoms with Crippen LogP contribution in [0.3, 0.4) is 0 Å². The standard InChI is InChI=1S/C28H26BrNO2/c1-4-6-24-15-22(16-25(18-30)23-11-7-20(3)8-12-23)17-27(31-5-2)28(24)32-19-21-9-13-26(29)14-10-21/h4,7-17H,1,5-6,19H2,2-3H3/b25-16-. The van der Waals surface area contributed by atoms with E-state index in [9.17, 15) is 5.26 Å². The maximum Gasteiger partial charge on any atom is 0.165 e. The molecular formula is C28H26BrNO2. The van der Waals surface area contributed by atoms with Crippen LogP contribution in [0, 0.1) is 18.3 Å². The summed E-state index contributed by atoms with van der Waals surface area (Å²) in [6.45, 7) is 8.81. The predicted molar refractivity (Wildman–Crippen MR) is 135 cm³/mol. The second-order valence-corrected chi connectivity index (χ2v) is 8.30. The van der Waals surface area contributed by atoms with E-state index in [0.717, 1.165) is 32.3 Å². The summed E-state index contributed by atoms with van der Waals surface area (Å²) in [5, 5.41) is 9.75. The van der Waals surface area contributed by atoms with E-state index < -0.39 is 0 Å². The normalized spacial score (nSPS) is 11.0. The number of nitriles is 1. The summed E-state index contributed by atoms with van der Waals surface area (Å²) in [6.07, 6.45) is 4.36. The monoisotopic (exact) mass is 487 g/mol. The molecule has 0 N–H and O–H groups in total. The maximum atomic E-state index is 9.75. The first kappa shape index (κ1) is 23.4. The summed E-state index contributed by atoms with van der Waals surface area (Å²) >= 11 is 3.46. The highest BCUT2D eigenvalue weighted by Gasteiger charge is 2.14. The quantitative estimate of drug-likeness (QED) is 0.178. The van der Waals surface area contributed by atoms with Crippen LogP contribution in [0.1, 0.15) is 34.7 Å². The fourth-order valence-electron chi connectivity index (χ4n) is 3.32. The second-order valence-electron chi connectivity index (χ2n) is 7.38. The number of halogens is 1. The van der Waals surface area contributed by atoms with Crippen molar-refractivity contribution < 1.29 is 9.47 Å². The summed E-state index contributed by atoms with van der Waals surface area (Å²) in [6, 6.07) is 22.3. The number of hydrogen-bond acceptors (Lipinski definition) is 3. The Balaban J connectivity index is 1.99. The fourth-order valence-corrected chi connectivity index (χ4v) is 3.58. The van der Waals surface area contributed by atoms with E-state index in [-0.39, 0.29) is 0 Å². The van der Waals surface area contributed by atoms with E-state index >= 15 is 0 Å². The molecule has 32 heavy (non-hydrogen) atoms. The molecule has 0 atom stereocenters. The Bertz CT molecular complexity index is 1140.